The lowest BCUT2D eigenvalue weighted by molar-refractivity contribution is 0.630. The zero-order valence-electron chi connectivity index (χ0n) is 34.0. The van der Waals surface area contributed by atoms with E-state index in [0.29, 0.717) is 11.7 Å². The van der Waals surface area contributed by atoms with E-state index in [9.17, 15) is 0 Å². The summed E-state index contributed by atoms with van der Waals surface area (Å²) in [6.45, 7) is 2.38. The van der Waals surface area contributed by atoms with Gasteiger partial charge in [-0.1, -0.05) is 177 Å². The fraction of sp³-hybridized carbons (Fsp3) is 0.0517. The van der Waals surface area contributed by atoms with Crippen molar-refractivity contribution >= 4 is 53.6 Å². The number of hydrogen-bond acceptors (Lipinski definition) is 4. The number of allylic oxidation sites excluding steroid dienone is 4. The number of rotatable bonds is 6. The predicted molar refractivity (Wildman–Crippen MR) is 260 cm³/mol. The van der Waals surface area contributed by atoms with Crippen molar-refractivity contribution in [2.24, 2.45) is 11.8 Å². The van der Waals surface area contributed by atoms with Gasteiger partial charge in [-0.2, -0.15) is 0 Å². The predicted octanol–water partition coefficient (Wildman–Crippen LogP) is 13.5. The molecule has 4 heteroatoms. The van der Waals surface area contributed by atoms with Gasteiger partial charge in [0.05, 0.1) is 27.3 Å². The van der Waals surface area contributed by atoms with E-state index < -0.39 is 0 Å². The molecule has 0 fully saturated rings. The Morgan fingerprint density at radius 3 is 1.79 bits per heavy atom. The maximum absolute atomic E-state index is 5.61. The smallest absolute Gasteiger partial charge is 0.160 e. The Morgan fingerprint density at radius 1 is 0.468 bits per heavy atom. The fourth-order valence-electron chi connectivity index (χ4n) is 9.65. The zero-order valence-corrected chi connectivity index (χ0v) is 34.9. The van der Waals surface area contributed by atoms with Crippen molar-refractivity contribution in [1.82, 2.24) is 15.0 Å². The van der Waals surface area contributed by atoms with Crippen molar-refractivity contribution < 1.29 is 0 Å². The third-order valence-corrected chi connectivity index (χ3v) is 13.8. The molecule has 0 bridgehead atoms. The number of pyridine rings is 1. The second kappa shape index (κ2) is 14.9. The third-order valence-electron chi connectivity index (χ3n) is 12.7. The molecular formula is C58H39N3S. The van der Waals surface area contributed by atoms with Gasteiger partial charge in [0.1, 0.15) is 0 Å². The highest BCUT2D eigenvalue weighted by Crippen LogP contribution is 2.45. The second-order valence-corrected chi connectivity index (χ2v) is 17.4. The molecule has 2 aliphatic rings. The Morgan fingerprint density at radius 2 is 1.06 bits per heavy atom. The summed E-state index contributed by atoms with van der Waals surface area (Å²) in [5.41, 5.74) is 14.3. The van der Waals surface area contributed by atoms with Gasteiger partial charge in [-0.25, -0.2) is 15.0 Å². The summed E-state index contributed by atoms with van der Waals surface area (Å²) < 4.78 is 2.54. The molecule has 3 aromatic heterocycles. The van der Waals surface area contributed by atoms with E-state index in [0.717, 1.165) is 61.5 Å². The summed E-state index contributed by atoms with van der Waals surface area (Å²) in [6.07, 6.45) is 9.04. The Bertz CT molecular complexity index is 3540. The summed E-state index contributed by atoms with van der Waals surface area (Å²) in [5, 5.41) is 6.36. The Hall–Kier alpha value is -7.53. The summed E-state index contributed by atoms with van der Waals surface area (Å²) in [4.78, 5) is 15.8. The van der Waals surface area contributed by atoms with Gasteiger partial charge in [0, 0.05) is 43.5 Å². The van der Waals surface area contributed by atoms with Gasteiger partial charge in [-0.15, -0.1) is 11.3 Å². The maximum atomic E-state index is 5.61. The van der Waals surface area contributed by atoms with Crippen LogP contribution in [0.2, 0.25) is 0 Å². The summed E-state index contributed by atoms with van der Waals surface area (Å²) in [7, 11) is 0. The number of fused-ring (bicyclic) bond motifs is 7. The minimum atomic E-state index is 0.269. The van der Waals surface area contributed by atoms with Gasteiger partial charge in [0.25, 0.3) is 0 Å². The first kappa shape index (κ1) is 36.3. The van der Waals surface area contributed by atoms with Crippen molar-refractivity contribution in [3.63, 3.8) is 0 Å². The van der Waals surface area contributed by atoms with Crippen LogP contribution in [0.1, 0.15) is 12.6 Å². The van der Waals surface area contributed by atoms with Gasteiger partial charge >= 0.3 is 0 Å². The van der Waals surface area contributed by atoms with Crippen LogP contribution in [0, 0.1) is 11.8 Å². The molecular weight excluding hydrogens is 771 g/mol. The molecule has 0 radical (unpaired) electrons. The second-order valence-electron chi connectivity index (χ2n) is 16.3. The molecule has 0 saturated carbocycles. The number of aromatic nitrogens is 3. The van der Waals surface area contributed by atoms with E-state index in [4.69, 9.17) is 15.0 Å². The highest BCUT2D eigenvalue weighted by atomic mass is 32.1. The van der Waals surface area contributed by atoms with Crippen LogP contribution in [0.5, 0.6) is 0 Å². The maximum Gasteiger partial charge on any atom is 0.160 e. The number of hydrogen-bond donors (Lipinski definition) is 0. The van der Waals surface area contributed by atoms with Crippen LogP contribution in [0.15, 0.2) is 206 Å². The normalized spacial score (nSPS) is 15.6. The summed E-state index contributed by atoms with van der Waals surface area (Å²) in [6, 6.07) is 64.9. The molecule has 0 spiro atoms. The quantitative estimate of drug-likeness (QED) is 0.168. The Balaban J connectivity index is 0.982. The lowest BCUT2D eigenvalue weighted by Crippen LogP contribution is -2.39. The minimum Gasteiger partial charge on any atom is -0.247 e. The van der Waals surface area contributed by atoms with Crippen LogP contribution in [0.25, 0.3) is 98.4 Å². The monoisotopic (exact) mass is 809 g/mol. The largest absolute Gasteiger partial charge is 0.247 e. The third kappa shape index (κ3) is 6.14. The van der Waals surface area contributed by atoms with Crippen molar-refractivity contribution in [2.45, 2.75) is 6.92 Å². The highest BCUT2D eigenvalue weighted by molar-refractivity contribution is 7.26. The molecule has 0 aliphatic heterocycles. The van der Waals surface area contributed by atoms with Crippen molar-refractivity contribution in [3.8, 4) is 56.2 Å². The molecule has 0 saturated heterocycles. The van der Waals surface area contributed by atoms with Crippen LogP contribution in [-0.2, 0) is 0 Å². The topological polar surface area (TPSA) is 38.7 Å². The molecule has 2 atom stereocenters. The van der Waals surface area contributed by atoms with Gasteiger partial charge in [0.2, 0.25) is 0 Å². The molecule has 0 N–H and O–H groups in total. The average molecular weight is 810 g/mol. The molecule has 2 aliphatic carbocycles. The summed E-state index contributed by atoms with van der Waals surface area (Å²) in [5.74, 6) is 1.28. The molecule has 2 unspecified atom stereocenters. The van der Waals surface area contributed by atoms with Crippen LogP contribution in [0.3, 0.4) is 0 Å². The van der Waals surface area contributed by atoms with Crippen molar-refractivity contribution in [2.75, 3.05) is 0 Å². The van der Waals surface area contributed by atoms with Gasteiger partial charge in [0.15, 0.2) is 5.82 Å². The van der Waals surface area contributed by atoms with Gasteiger partial charge in [-0.05, 0) is 86.2 Å². The molecule has 292 valence electrons. The first-order valence-corrected chi connectivity index (χ1v) is 22.1. The average Bonchev–Trinajstić information content (AvgIpc) is 3.75. The Kier molecular flexibility index (Phi) is 8.72. The van der Waals surface area contributed by atoms with E-state index >= 15 is 0 Å². The van der Waals surface area contributed by atoms with E-state index in [-0.39, 0.29) is 5.92 Å². The van der Waals surface area contributed by atoms with E-state index in [1.54, 1.807) is 0 Å². The lowest BCUT2D eigenvalue weighted by atomic mass is 9.74. The Labute approximate surface area is 364 Å². The SMILES string of the molecule is CC1C(c2nc3ccc(-c4cccc(-c5cccc(-c6nc(-c7ccccc7)cc(-c7ccccc7)n6)c5)c4)cc3c3c2sc2ccccc23)=c2ccccc2=C2C=CC=CC21. The minimum absolute atomic E-state index is 0.269. The first-order chi connectivity index (χ1) is 30.6. The van der Waals surface area contributed by atoms with Crippen molar-refractivity contribution in [1.29, 1.82) is 0 Å². The van der Waals surface area contributed by atoms with Crippen molar-refractivity contribution in [3.05, 3.63) is 222 Å². The zero-order chi connectivity index (χ0) is 41.1. The first-order valence-electron chi connectivity index (χ1n) is 21.3. The van der Waals surface area contributed by atoms with Crippen LogP contribution in [0.4, 0.5) is 0 Å². The fourth-order valence-corrected chi connectivity index (χ4v) is 10.9. The number of benzene rings is 7. The molecule has 3 heterocycles. The summed E-state index contributed by atoms with van der Waals surface area (Å²) >= 11 is 1.87. The molecule has 0 amide bonds. The molecule has 12 rings (SSSR count). The van der Waals surface area contributed by atoms with Crippen LogP contribution in [-0.4, -0.2) is 15.0 Å². The van der Waals surface area contributed by atoms with E-state index in [1.165, 1.54) is 47.1 Å². The number of thiophene rings is 1. The molecule has 7 aromatic carbocycles. The van der Waals surface area contributed by atoms with E-state index in [1.807, 2.05) is 23.5 Å². The van der Waals surface area contributed by atoms with Gasteiger partial charge in [-0.3, -0.25) is 0 Å². The molecule has 10 aromatic rings. The molecule has 3 nitrogen and oxygen atoms in total. The van der Waals surface area contributed by atoms with Crippen LogP contribution < -0.4 is 10.4 Å². The van der Waals surface area contributed by atoms with E-state index in [2.05, 4.69) is 201 Å². The molecule has 62 heavy (non-hydrogen) atoms. The standard InChI is InChI=1S/C58H39N3S/c1-36-44-24-8-9-25-45(44)46-26-10-11-27-47(46)54(36)56-57-55(48-28-12-13-29-53(48)62-57)49-34-42(30-31-50(49)59-56)40-21-14-20-39(32-40)41-22-15-23-43(33-41)58-60-51(37-16-4-2-5-17-37)35-52(61-58)38-18-6-3-7-19-38/h2-36,44H,1H3. The van der Waals surface area contributed by atoms with Crippen LogP contribution >= 0.6 is 11.3 Å². The lowest BCUT2D eigenvalue weighted by Gasteiger charge is -2.30. The van der Waals surface area contributed by atoms with Gasteiger partial charge < -0.3 is 0 Å². The number of nitrogens with zero attached hydrogens (tertiary/aromatic N) is 3. The highest BCUT2D eigenvalue weighted by Gasteiger charge is 2.31.